The normalized spacial score (nSPS) is 16.0. The van der Waals surface area contributed by atoms with Crippen LogP contribution in [0.5, 0.6) is 0 Å². The smallest absolute Gasteiger partial charge is 0.310 e. The zero-order chi connectivity index (χ0) is 24.7. The molecule has 0 bridgehead atoms. The Balaban J connectivity index is 1.65. The second-order valence-corrected chi connectivity index (χ2v) is 9.15. The molecule has 3 heterocycles. The molecule has 2 aromatic rings. The van der Waals surface area contributed by atoms with Crippen molar-refractivity contribution < 1.29 is 23.5 Å². The van der Waals surface area contributed by atoms with Crippen LogP contribution in [-0.4, -0.2) is 58.4 Å². The van der Waals surface area contributed by atoms with Crippen molar-refractivity contribution in [1.29, 1.82) is 0 Å². The predicted molar refractivity (Wildman–Crippen MR) is 128 cm³/mol. The molecule has 8 heteroatoms. The Morgan fingerprint density at radius 3 is 2.71 bits per heavy atom. The summed E-state index contributed by atoms with van der Waals surface area (Å²) in [5.74, 6) is 0.301. The van der Waals surface area contributed by atoms with E-state index in [2.05, 4.69) is 6.92 Å². The number of piperidine rings is 1. The summed E-state index contributed by atoms with van der Waals surface area (Å²) in [5.41, 5.74) is 1.01. The van der Waals surface area contributed by atoms with Crippen LogP contribution in [0.3, 0.4) is 0 Å². The predicted octanol–water partition coefficient (Wildman–Crippen LogP) is 3.94. The van der Waals surface area contributed by atoms with Crippen molar-refractivity contribution in [3.05, 3.63) is 47.7 Å². The number of hydrogen-bond donors (Lipinski definition) is 0. The maximum atomic E-state index is 13.0. The third kappa shape index (κ3) is 6.30. The quantitative estimate of drug-likeness (QED) is 0.490. The molecule has 0 N–H and O–H groups in total. The maximum absolute atomic E-state index is 13.0. The van der Waals surface area contributed by atoms with Gasteiger partial charge in [0.15, 0.2) is 5.76 Å². The standard InChI is InChI=1S/C26H37N3O5/c1-5-13-28(24(30)19(3)4)17-21-10-8-14-27(21)18-22-11-12-23(34-22)25(31)29-15-7-9-20(16-29)26(32)33-6-2/h8,10-12,14,19-20H,5-7,9,13,15-18H2,1-4H3. The summed E-state index contributed by atoms with van der Waals surface area (Å²) >= 11 is 0. The Morgan fingerprint density at radius 2 is 2.00 bits per heavy atom. The van der Waals surface area contributed by atoms with Crippen LogP contribution in [0.25, 0.3) is 0 Å². The van der Waals surface area contributed by atoms with Gasteiger partial charge in [-0.2, -0.15) is 0 Å². The SMILES string of the molecule is CCCN(Cc1cccn1Cc1ccc(C(=O)N2CCCC(C(=O)OCC)C2)o1)C(=O)C(C)C. The molecule has 0 aliphatic carbocycles. The lowest BCUT2D eigenvalue weighted by Gasteiger charge is -2.30. The Bertz CT molecular complexity index is 977. The average molecular weight is 472 g/mol. The van der Waals surface area contributed by atoms with Crippen molar-refractivity contribution >= 4 is 17.8 Å². The van der Waals surface area contributed by atoms with Crippen LogP contribution in [0.15, 0.2) is 34.9 Å². The third-order valence-corrected chi connectivity index (χ3v) is 6.10. The van der Waals surface area contributed by atoms with E-state index >= 15 is 0 Å². The first kappa shape index (κ1) is 25.6. The molecule has 1 unspecified atom stereocenters. The summed E-state index contributed by atoms with van der Waals surface area (Å²) in [4.78, 5) is 41.3. The van der Waals surface area contributed by atoms with Gasteiger partial charge in [0.1, 0.15) is 5.76 Å². The minimum atomic E-state index is -0.283. The second-order valence-electron chi connectivity index (χ2n) is 9.15. The van der Waals surface area contributed by atoms with Gasteiger partial charge in [-0.05, 0) is 50.5 Å². The Labute approximate surface area is 201 Å². The highest BCUT2D eigenvalue weighted by molar-refractivity contribution is 5.92. The van der Waals surface area contributed by atoms with Crippen LogP contribution >= 0.6 is 0 Å². The number of esters is 1. The molecule has 1 aliphatic heterocycles. The van der Waals surface area contributed by atoms with Gasteiger partial charge in [-0.3, -0.25) is 14.4 Å². The third-order valence-electron chi connectivity index (χ3n) is 6.10. The highest BCUT2D eigenvalue weighted by Gasteiger charge is 2.31. The van der Waals surface area contributed by atoms with Crippen molar-refractivity contribution in [2.24, 2.45) is 11.8 Å². The molecule has 1 fully saturated rings. The fourth-order valence-electron chi connectivity index (χ4n) is 4.36. The average Bonchev–Trinajstić information content (AvgIpc) is 3.48. The first-order valence-corrected chi connectivity index (χ1v) is 12.3. The summed E-state index contributed by atoms with van der Waals surface area (Å²) in [6.45, 7) is 10.7. The van der Waals surface area contributed by atoms with Crippen LogP contribution in [0.2, 0.25) is 0 Å². The molecular weight excluding hydrogens is 434 g/mol. The van der Waals surface area contributed by atoms with E-state index in [-0.39, 0.29) is 35.4 Å². The Kier molecular flexibility index (Phi) is 8.96. The Hall–Kier alpha value is -3.03. The number of hydrogen-bond acceptors (Lipinski definition) is 5. The van der Waals surface area contributed by atoms with Crippen LogP contribution < -0.4 is 0 Å². The number of ether oxygens (including phenoxy) is 1. The number of carbonyl (C=O) groups is 3. The molecule has 2 aromatic heterocycles. The van der Waals surface area contributed by atoms with E-state index in [4.69, 9.17) is 9.15 Å². The number of aromatic nitrogens is 1. The lowest BCUT2D eigenvalue weighted by molar-refractivity contribution is -0.149. The largest absolute Gasteiger partial charge is 0.466 e. The van der Waals surface area contributed by atoms with Gasteiger partial charge in [0.2, 0.25) is 5.91 Å². The van der Waals surface area contributed by atoms with E-state index in [0.29, 0.717) is 45.1 Å². The van der Waals surface area contributed by atoms with Gasteiger partial charge >= 0.3 is 5.97 Å². The number of likely N-dealkylation sites (tertiary alicyclic amines) is 1. The van der Waals surface area contributed by atoms with Gasteiger partial charge < -0.3 is 23.5 Å². The summed E-state index contributed by atoms with van der Waals surface area (Å²) < 4.78 is 13.1. The van der Waals surface area contributed by atoms with Crippen LogP contribution in [0.4, 0.5) is 0 Å². The zero-order valence-electron chi connectivity index (χ0n) is 20.8. The zero-order valence-corrected chi connectivity index (χ0v) is 20.8. The molecule has 34 heavy (non-hydrogen) atoms. The van der Waals surface area contributed by atoms with Crippen LogP contribution in [-0.2, 0) is 27.4 Å². The lowest BCUT2D eigenvalue weighted by Crippen LogP contribution is -2.42. The Morgan fingerprint density at radius 1 is 1.21 bits per heavy atom. The molecule has 186 valence electrons. The first-order valence-electron chi connectivity index (χ1n) is 12.3. The lowest BCUT2D eigenvalue weighted by atomic mass is 9.98. The number of amides is 2. The fraction of sp³-hybridized carbons (Fsp3) is 0.577. The molecule has 1 aliphatic rings. The van der Waals surface area contributed by atoms with Gasteiger partial charge in [0.05, 0.1) is 25.6 Å². The van der Waals surface area contributed by atoms with E-state index in [9.17, 15) is 14.4 Å². The first-order chi connectivity index (χ1) is 16.3. The van der Waals surface area contributed by atoms with Crippen molar-refractivity contribution in [3.63, 3.8) is 0 Å². The fourth-order valence-corrected chi connectivity index (χ4v) is 4.36. The minimum Gasteiger partial charge on any atom is -0.466 e. The summed E-state index contributed by atoms with van der Waals surface area (Å²) in [5, 5.41) is 0. The van der Waals surface area contributed by atoms with Gasteiger partial charge in [-0.1, -0.05) is 20.8 Å². The second kappa shape index (κ2) is 11.9. The van der Waals surface area contributed by atoms with Crippen molar-refractivity contribution in [2.45, 2.75) is 60.0 Å². The molecule has 2 amide bonds. The molecule has 0 spiro atoms. The summed E-state index contributed by atoms with van der Waals surface area (Å²) in [6.07, 6.45) is 4.35. The number of nitrogens with zero attached hydrogens (tertiary/aromatic N) is 3. The highest BCUT2D eigenvalue weighted by Crippen LogP contribution is 2.21. The number of rotatable bonds is 10. The molecular formula is C26H37N3O5. The molecule has 8 nitrogen and oxygen atoms in total. The molecule has 0 radical (unpaired) electrons. The van der Waals surface area contributed by atoms with E-state index in [1.165, 1.54) is 0 Å². The monoisotopic (exact) mass is 471 g/mol. The van der Waals surface area contributed by atoms with Gasteiger partial charge in [0, 0.05) is 37.4 Å². The van der Waals surface area contributed by atoms with E-state index < -0.39 is 0 Å². The maximum Gasteiger partial charge on any atom is 0.310 e. The topological polar surface area (TPSA) is 85.0 Å². The molecule has 0 saturated carbocycles. The molecule has 0 aromatic carbocycles. The highest BCUT2D eigenvalue weighted by atomic mass is 16.5. The molecule has 1 saturated heterocycles. The van der Waals surface area contributed by atoms with Crippen molar-refractivity contribution in [1.82, 2.24) is 14.4 Å². The van der Waals surface area contributed by atoms with Crippen LogP contribution in [0.1, 0.15) is 69.0 Å². The van der Waals surface area contributed by atoms with E-state index in [1.54, 1.807) is 17.9 Å². The minimum absolute atomic E-state index is 0.0492. The van der Waals surface area contributed by atoms with Gasteiger partial charge in [-0.25, -0.2) is 0 Å². The number of furan rings is 1. The summed E-state index contributed by atoms with van der Waals surface area (Å²) in [6, 6.07) is 7.47. The molecule has 3 rings (SSSR count). The van der Waals surface area contributed by atoms with E-state index in [0.717, 1.165) is 25.0 Å². The van der Waals surface area contributed by atoms with E-state index in [1.807, 2.05) is 47.7 Å². The van der Waals surface area contributed by atoms with Crippen molar-refractivity contribution in [2.75, 3.05) is 26.2 Å². The van der Waals surface area contributed by atoms with Crippen LogP contribution in [0, 0.1) is 11.8 Å². The van der Waals surface area contributed by atoms with Gasteiger partial charge in [-0.15, -0.1) is 0 Å². The molecule has 1 atom stereocenters. The van der Waals surface area contributed by atoms with Gasteiger partial charge in [0.25, 0.3) is 5.91 Å². The van der Waals surface area contributed by atoms with Crippen molar-refractivity contribution in [3.8, 4) is 0 Å². The number of carbonyl (C=O) groups excluding carboxylic acids is 3. The summed E-state index contributed by atoms with van der Waals surface area (Å²) in [7, 11) is 0.